The van der Waals surface area contributed by atoms with Crippen molar-refractivity contribution in [3.63, 3.8) is 0 Å². The maximum absolute atomic E-state index is 13.9. The van der Waals surface area contributed by atoms with Gasteiger partial charge >= 0.3 is 0 Å². The molecule has 0 unspecified atom stereocenters. The van der Waals surface area contributed by atoms with Crippen LogP contribution in [0.15, 0.2) is 18.2 Å². The zero-order valence-corrected chi connectivity index (χ0v) is 14.6. The van der Waals surface area contributed by atoms with E-state index in [9.17, 15) is 13.6 Å². The first-order valence-corrected chi connectivity index (χ1v) is 8.34. The predicted molar refractivity (Wildman–Crippen MR) is 91.5 cm³/mol. The maximum Gasteiger partial charge on any atom is 0.224 e. The Balaban J connectivity index is 1.62. The van der Waals surface area contributed by atoms with E-state index in [4.69, 9.17) is 0 Å². The SMILES string of the molecule is Cc1nn(C)c(C)c1CC(=O)N[C@@H]1CCN(c2c(F)cccc2F)C1. The minimum Gasteiger partial charge on any atom is -0.365 e. The Labute approximate surface area is 145 Å². The van der Waals surface area contributed by atoms with Crippen LogP contribution in [-0.4, -0.2) is 34.8 Å². The van der Waals surface area contributed by atoms with Gasteiger partial charge in [-0.05, 0) is 32.4 Å². The number of nitrogens with zero attached hydrogens (tertiary/aromatic N) is 3. The lowest BCUT2D eigenvalue weighted by Gasteiger charge is -2.20. The number of aromatic nitrogens is 2. The first kappa shape index (κ1) is 17.4. The van der Waals surface area contributed by atoms with Crippen LogP contribution in [0, 0.1) is 25.5 Å². The van der Waals surface area contributed by atoms with Crippen LogP contribution in [-0.2, 0) is 18.3 Å². The van der Waals surface area contributed by atoms with Gasteiger partial charge in [0.05, 0.1) is 12.1 Å². The van der Waals surface area contributed by atoms with Crippen molar-refractivity contribution in [2.24, 2.45) is 7.05 Å². The summed E-state index contributed by atoms with van der Waals surface area (Å²) >= 11 is 0. The number of benzene rings is 1. The summed E-state index contributed by atoms with van der Waals surface area (Å²) < 4.78 is 29.5. The van der Waals surface area contributed by atoms with Gasteiger partial charge in [0, 0.05) is 37.4 Å². The second kappa shape index (κ2) is 6.82. The molecule has 0 spiro atoms. The molecule has 25 heavy (non-hydrogen) atoms. The van der Waals surface area contributed by atoms with E-state index in [1.165, 1.54) is 18.2 Å². The monoisotopic (exact) mass is 348 g/mol. The molecular weight excluding hydrogens is 326 g/mol. The molecule has 2 aromatic rings. The van der Waals surface area contributed by atoms with Crippen LogP contribution < -0.4 is 10.2 Å². The summed E-state index contributed by atoms with van der Waals surface area (Å²) in [7, 11) is 1.85. The Morgan fingerprint density at radius 2 is 2.00 bits per heavy atom. The van der Waals surface area contributed by atoms with Crippen molar-refractivity contribution in [3.8, 4) is 0 Å². The molecule has 7 heteroatoms. The fraction of sp³-hybridized carbons (Fsp3) is 0.444. The van der Waals surface area contributed by atoms with E-state index < -0.39 is 11.6 Å². The Hall–Kier alpha value is -2.44. The molecule has 1 atom stereocenters. The molecule has 0 bridgehead atoms. The van der Waals surface area contributed by atoms with Crippen LogP contribution in [0.2, 0.25) is 0 Å². The molecule has 1 aliphatic heterocycles. The third kappa shape index (κ3) is 3.50. The van der Waals surface area contributed by atoms with Gasteiger partial charge in [-0.15, -0.1) is 0 Å². The molecule has 1 N–H and O–H groups in total. The number of rotatable bonds is 4. The number of carbonyl (C=O) groups is 1. The molecule has 0 aliphatic carbocycles. The van der Waals surface area contributed by atoms with E-state index in [0.717, 1.165) is 17.0 Å². The normalized spacial score (nSPS) is 17.2. The van der Waals surface area contributed by atoms with E-state index in [1.807, 2.05) is 20.9 Å². The van der Waals surface area contributed by atoms with Crippen molar-refractivity contribution in [3.05, 3.63) is 46.8 Å². The number of para-hydroxylation sites is 1. The van der Waals surface area contributed by atoms with Gasteiger partial charge in [-0.25, -0.2) is 8.78 Å². The zero-order chi connectivity index (χ0) is 18.1. The number of hydrogen-bond donors (Lipinski definition) is 1. The number of halogens is 2. The van der Waals surface area contributed by atoms with Crippen LogP contribution in [0.5, 0.6) is 0 Å². The van der Waals surface area contributed by atoms with Crippen LogP contribution in [0.25, 0.3) is 0 Å². The highest BCUT2D eigenvalue weighted by Crippen LogP contribution is 2.26. The number of carbonyl (C=O) groups excluding carboxylic acids is 1. The van der Waals surface area contributed by atoms with Gasteiger partial charge < -0.3 is 10.2 Å². The summed E-state index contributed by atoms with van der Waals surface area (Å²) in [5, 5.41) is 7.28. The Morgan fingerprint density at radius 1 is 1.32 bits per heavy atom. The van der Waals surface area contributed by atoms with Crippen LogP contribution in [0.1, 0.15) is 23.4 Å². The van der Waals surface area contributed by atoms with E-state index in [1.54, 1.807) is 9.58 Å². The lowest BCUT2D eigenvalue weighted by molar-refractivity contribution is -0.121. The van der Waals surface area contributed by atoms with Crippen molar-refractivity contribution >= 4 is 11.6 Å². The molecule has 1 fully saturated rings. The van der Waals surface area contributed by atoms with Gasteiger partial charge in [-0.3, -0.25) is 9.48 Å². The molecule has 1 aromatic carbocycles. The van der Waals surface area contributed by atoms with Gasteiger partial charge in [-0.2, -0.15) is 5.10 Å². The fourth-order valence-corrected chi connectivity index (χ4v) is 3.38. The second-order valence-electron chi connectivity index (χ2n) is 6.52. The zero-order valence-electron chi connectivity index (χ0n) is 14.6. The van der Waals surface area contributed by atoms with E-state index in [0.29, 0.717) is 19.5 Å². The molecule has 0 saturated carbocycles. The van der Waals surface area contributed by atoms with Crippen LogP contribution in [0.3, 0.4) is 0 Å². The predicted octanol–water partition coefficient (Wildman–Crippen LogP) is 2.25. The quantitative estimate of drug-likeness (QED) is 0.922. The summed E-state index contributed by atoms with van der Waals surface area (Å²) in [5.74, 6) is -1.25. The van der Waals surface area contributed by atoms with Crippen molar-refractivity contribution in [2.45, 2.75) is 32.7 Å². The van der Waals surface area contributed by atoms with Crippen molar-refractivity contribution < 1.29 is 13.6 Å². The van der Waals surface area contributed by atoms with E-state index in [2.05, 4.69) is 10.4 Å². The molecule has 1 aromatic heterocycles. The number of amides is 1. The topological polar surface area (TPSA) is 50.2 Å². The number of nitrogens with one attached hydrogen (secondary N) is 1. The first-order valence-electron chi connectivity index (χ1n) is 8.34. The van der Waals surface area contributed by atoms with Gasteiger partial charge in [0.1, 0.15) is 17.3 Å². The number of anilines is 1. The van der Waals surface area contributed by atoms with Crippen molar-refractivity contribution in [1.82, 2.24) is 15.1 Å². The van der Waals surface area contributed by atoms with Crippen LogP contribution >= 0.6 is 0 Å². The molecule has 0 radical (unpaired) electrons. The summed E-state index contributed by atoms with van der Waals surface area (Å²) in [6, 6.07) is 3.72. The molecule has 3 rings (SSSR count). The Bertz CT molecular complexity index is 782. The molecule has 1 amide bonds. The molecular formula is C18H22F2N4O. The minimum absolute atomic E-state index is 0.0156. The number of aryl methyl sites for hydroxylation is 2. The maximum atomic E-state index is 13.9. The van der Waals surface area contributed by atoms with Gasteiger partial charge in [-0.1, -0.05) is 6.07 Å². The lowest BCUT2D eigenvalue weighted by atomic mass is 10.1. The summed E-state index contributed by atoms with van der Waals surface area (Å²) in [4.78, 5) is 14.0. The van der Waals surface area contributed by atoms with Gasteiger partial charge in [0.2, 0.25) is 5.91 Å². The van der Waals surface area contributed by atoms with Crippen molar-refractivity contribution in [2.75, 3.05) is 18.0 Å². The highest BCUT2D eigenvalue weighted by atomic mass is 19.1. The largest absolute Gasteiger partial charge is 0.365 e. The average molecular weight is 348 g/mol. The Morgan fingerprint density at radius 3 is 2.60 bits per heavy atom. The standard InChI is InChI=1S/C18H22F2N4O/c1-11-14(12(2)23(3)22-11)9-17(25)21-13-7-8-24(10-13)18-15(19)5-4-6-16(18)20/h4-6,13H,7-10H2,1-3H3,(H,21,25)/t13-/m1/s1. The smallest absolute Gasteiger partial charge is 0.224 e. The fourth-order valence-electron chi connectivity index (χ4n) is 3.38. The lowest BCUT2D eigenvalue weighted by Crippen LogP contribution is -2.38. The molecule has 1 aliphatic rings. The number of hydrogen-bond acceptors (Lipinski definition) is 3. The van der Waals surface area contributed by atoms with Gasteiger partial charge in [0.25, 0.3) is 0 Å². The molecule has 134 valence electrons. The van der Waals surface area contributed by atoms with E-state index in [-0.39, 0.29) is 24.1 Å². The third-order valence-corrected chi connectivity index (χ3v) is 4.80. The first-order chi connectivity index (χ1) is 11.9. The second-order valence-corrected chi connectivity index (χ2v) is 6.52. The highest BCUT2D eigenvalue weighted by molar-refractivity contribution is 5.79. The minimum atomic E-state index is -0.575. The van der Waals surface area contributed by atoms with Crippen molar-refractivity contribution in [1.29, 1.82) is 0 Å². The van der Waals surface area contributed by atoms with Gasteiger partial charge in [0.15, 0.2) is 0 Å². The van der Waals surface area contributed by atoms with E-state index >= 15 is 0 Å². The summed E-state index contributed by atoms with van der Waals surface area (Å²) in [6.07, 6.45) is 0.917. The summed E-state index contributed by atoms with van der Waals surface area (Å²) in [6.45, 7) is 4.72. The average Bonchev–Trinajstić information content (AvgIpc) is 3.07. The summed E-state index contributed by atoms with van der Waals surface area (Å²) in [5.41, 5.74) is 2.72. The molecule has 1 saturated heterocycles. The molecule has 5 nitrogen and oxygen atoms in total. The Kier molecular flexibility index (Phi) is 4.74. The van der Waals surface area contributed by atoms with Crippen LogP contribution in [0.4, 0.5) is 14.5 Å². The highest BCUT2D eigenvalue weighted by Gasteiger charge is 2.28. The third-order valence-electron chi connectivity index (χ3n) is 4.80. The molecule has 2 heterocycles.